The lowest BCUT2D eigenvalue weighted by molar-refractivity contribution is 0.673. The van der Waals surface area contributed by atoms with Gasteiger partial charge in [-0.15, -0.1) is 0 Å². The summed E-state index contributed by atoms with van der Waals surface area (Å²) >= 11 is 0. The Morgan fingerprint density at radius 3 is 1.86 bits per heavy atom. The third-order valence-electron chi connectivity index (χ3n) is 11.4. The van der Waals surface area contributed by atoms with Gasteiger partial charge in [-0.1, -0.05) is 164 Å². The summed E-state index contributed by atoms with van der Waals surface area (Å²) in [5.41, 5.74) is 14.3. The Hall–Kier alpha value is -7.36. The molecule has 0 unspecified atom stereocenters. The van der Waals surface area contributed by atoms with Crippen LogP contribution < -0.4 is 0 Å². The van der Waals surface area contributed by atoms with Crippen molar-refractivity contribution in [2.75, 3.05) is 0 Å². The van der Waals surface area contributed by atoms with Crippen molar-refractivity contribution in [1.82, 2.24) is 9.97 Å². The van der Waals surface area contributed by atoms with Crippen LogP contribution in [0, 0.1) is 0 Å². The molecule has 0 amide bonds. The van der Waals surface area contributed by atoms with Crippen molar-refractivity contribution < 1.29 is 4.42 Å². The van der Waals surface area contributed by atoms with Crippen molar-refractivity contribution in [3.05, 3.63) is 205 Å². The van der Waals surface area contributed by atoms with Crippen molar-refractivity contribution in [3.63, 3.8) is 0 Å². The highest BCUT2D eigenvalue weighted by Crippen LogP contribution is 2.44. The molecule has 1 aliphatic rings. The predicted molar refractivity (Wildman–Crippen MR) is 238 cm³/mol. The molecule has 0 fully saturated rings. The van der Waals surface area contributed by atoms with Crippen LogP contribution in [-0.2, 0) is 0 Å². The molecule has 11 rings (SSSR count). The number of hydrogen-bond donors (Lipinski definition) is 0. The van der Waals surface area contributed by atoms with Crippen LogP contribution in [0.5, 0.6) is 0 Å². The Morgan fingerprint density at radius 2 is 1.04 bits per heavy atom. The normalized spacial score (nSPS) is 13.0. The number of aromatic nitrogens is 2. The lowest BCUT2D eigenvalue weighted by Crippen LogP contribution is -2.00. The molecule has 0 N–H and O–H groups in total. The Bertz CT molecular complexity index is 3170. The first-order valence-electron chi connectivity index (χ1n) is 19.6. The van der Waals surface area contributed by atoms with Crippen LogP contribution in [0.1, 0.15) is 24.1 Å². The Labute approximate surface area is 330 Å². The van der Waals surface area contributed by atoms with Gasteiger partial charge in [-0.2, -0.15) is 0 Å². The molecular weight excluding hydrogens is 693 g/mol. The van der Waals surface area contributed by atoms with E-state index in [1.54, 1.807) is 0 Å². The lowest BCUT2D eigenvalue weighted by atomic mass is 9.89. The van der Waals surface area contributed by atoms with Crippen LogP contribution in [0.2, 0.25) is 0 Å². The second-order valence-electron chi connectivity index (χ2n) is 14.8. The lowest BCUT2D eigenvalue weighted by Gasteiger charge is -2.17. The summed E-state index contributed by atoms with van der Waals surface area (Å²) in [4.78, 5) is 10.1. The monoisotopic (exact) mass is 728 g/mol. The number of furan rings is 1. The van der Waals surface area contributed by atoms with E-state index in [4.69, 9.17) is 14.4 Å². The van der Waals surface area contributed by atoms with E-state index in [-0.39, 0.29) is 0 Å². The van der Waals surface area contributed by atoms with E-state index in [0.29, 0.717) is 0 Å². The van der Waals surface area contributed by atoms with Crippen LogP contribution in [0.15, 0.2) is 199 Å². The molecule has 0 aliphatic heterocycles. The highest BCUT2D eigenvalue weighted by Gasteiger charge is 2.20. The summed E-state index contributed by atoms with van der Waals surface area (Å²) in [7, 11) is 0. The Morgan fingerprint density at radius 1 is 0.386 bits per heavy atom. The van der Waals surface area contributed by atoms with Crippen molar-refractivity contribution in [2.24, 2.45) is 0 Å². The summed E-state index contributed by atoms with van der Waals surface area (Å²) in [5, 5.41) is 7.06. The summed E-state index contributed by atoms with van der Waals surface area (Å²) in [6.45, 7) is 0. The molecule has 0 spiro atoms. The molecule has 2 aromatic heterocycles. The molecule has 1 aliphatic carbocycles. The van der Waals surface area contributed by atoms with Crippen LogP contribution in [0.3, 0.4) is 0 Å². The largest absolute Gasteiger partial charge is 0.455 e. The maximum absolute atomic E-state index is 6.73. The van der Waals surface area contributed by atoms with Crippen LogP contribution in [0.25, 0.3) is 99.5 Å². The number of nitrogens with zero attached hydrogens (tertiary/aromatic N) is 2. The van der Waals surface area contributed by atoms with Crippen LogP contribution in [0.4, 0.5) is 0 Å². The first-order chi connectivity index (χ1) is 28.2. The maximum atomic E-state index is 6.73. The molecule has 0 atom stereocenters. The minimum Gasteiger partial charge on any atom is -0.455 e. The molecule has 3 heteroatoms. The second-order valence-corrected chi connectivity index (χ2v) is 14.8. The number of allylic oxidation sites excluding steroid dienone is 4. The van der Waals surface area contributed by atoms with Crippen molar-refractivity contribution in [3.8, 4) is 44.9 Å². The molecule has 10 aromatic rings. The van der Waals surface area contributed by atoms with E-state index in [1.807, 2.05) is 24.3 Å². The maximum Gasteiger partial charge on any atom is 0.160 e. The minimum absolute atomic E-state index is 0.744. The molecule has 57 heavy (non-hydrogen) atoms. The minimum atomic E-state index is 0.744. The van der Waals surface area contributed by atoms with E-state index in [1.165, 1.54) is 55.1 Å². The molecule has 8 aromatic carbocycles. The SMILES string of the molecule is C1=C(c2cccc(-c3cccc4oc5c6ccccc6c(-c6ccc7ccccc7c6)cc5c34)c2)CCC(c2cc(-c3ccccc3)nc(-c3ccccc3)n2)=C1. The molecule has 0 saturated carbocycles. The third kappa shape index (κ3) is 5.92. The van der Waals surface area contributed by atoms with Gasteiger partial charge in [0.2, 0.25) is 0 Å². The van der Waals surface area contributed by atoms with Gasteiger partial charge in [0.25, 0.3) is 0 Å². The fourth-order valence-electron chi connectivity index (χ4n) is 8.55. The van der Waals surface area contributed by atoms with Gasteiger partial charge in [0, 0.05) is 27.3 Å². The average molecular weight is 729 g/mol. The quantitative estimate of drug-likeness (QED) is 0.171. The zero-order valence-corrected chi connectivity index (χ0v) is 31.2. The predicted octanol–water partition coefficient (Wildman–Crippen LogP) is 14.6. The number of benzene rings is 8. The highest BCUT2D eigenvalue weighted by molar-refractivity contribution is 6.22. The van der Waals surface area contributed by atoms with Crippen molar-refractivity contribution in [1.29, 1.82) is 0 Å². The van der Waals surface area contributed by atoms with Crippen LogP contribution in [-0.4, -0.2) is 9.97 Å². The Balaban J connectivity index is 0.997. The van der Waals surface area contributed by atoms with Crippen LogP contribution >= 0.6 is 0 Å². The number of rotatable bonds is 6. The molecule has 3 nitrogen and oxygen atoms in total. The standard InChI is InChI=1S/C54H36N2O/c1-3-14-37(15-4-1)49-34-50(56-54(55-49)39-16-5-2-6-17-39)38-28-25-36(26-29-38)41-19-11-20-42(31-41)44-23-12-24-51-52(44)48-33-47(45-21-9-10-22-46(45)53(48)57-51)43-30-27-35-13-7-8-18-40(35)32-43/h1-25,27-28,30-34H,26,29H2. The number of hydrogen-bond acceptors (Lipinski definition) is 3. The Kier molecular flexibility index (Phi) is 7.96. The van der Waals surface area contributed by atoms with Gasteiger partial charge in [-0.3, -0.25) is 0 Å². The topological polar surface area (TPSA) is 38.9 Å². The molecule has 0 radical (unpaired) electrons. The zero-order valence-electron chi connectivity index (χ0n) is 31.2. The average Bonchev–Trinajstić information content (AvgIpc) is 3.68. The van der Waals surface area contributed by atoms with E-state index in [9.17, 15) is 0 Å². The van der Waals surface area contributed by atoms with Gasteiger partial charge in [-0.05, 0) is 98.3 Å². The number of fused-ring (bicyclic) bond motifs is 6. The summed E-state index contributed by atoms with van der Waals surface area (Å²) in [5.74, 6) is 0.744. The molecule has 2 heterocycles. The van der Waals surface area contributed by atoms with E-state index < -0.39 is 0 Å². The first kappa shape index (κ1) is 33.0. The van der Waals surface area contributed by atoms with Gasteiger partial charge in [0.15, 0.2) is 5.82 Å². The fraction of sp³-hybridized carbons (Fsp3) is 0.0370. The van der Waals surface area contributed by atoms with Crippen molar-refractivity contribution >= 4 is 54.6 Å². The van der Waals surface area contributed by atoms with E-state index in [2.05, 4.69) is 170 Å². The first-order valence-corrected chi connectivity index (χ1v) is 19.6. The van der Waals surface area contributed by atoms with Gasteiger partial charge in [0.05, 0.1) is 11.4 Å². The third-order valence-corrected chi connectivity index (χ3v) is 11.4. The smallest absolute Gasteiger partial charge is 0.160 e. The highest BCUT2D eigenvalue weighted by atomic mass is 16.3. The van der Waals surface area contributed by atoms with Crippen molar-refractivity contribution in [2.45, 2.75) is 12.8 Å². The van der Waals surface area contributed by atoms with Gasteiger partial charge in [0.1, 0.15) is 11.2 Å². The van der Waals surface area contributed by atoms with Gasteiger partial charge in [-0.25, -0.2) is 9.97 Å². The van der Waals surface area contributed by atoms with E-state index >= 15 is 0 Å². The molecular formula is C54H36N2O. The summed E-state index contributed by atoms with van der Waals surface area (Å²) in [6.07, 6.45) is 6.34. The molecule has 0 saturated heterocycles. The zero-order chi connectivity index (χ0) is 37.7. The van der Waals surface area contributed by atoms with E-state index in [0.717, 1.165) is 68.5 Å². The second kappa shape index (κ2) is 13.7. The molecule has 0 bridgehead atoms. The van der Waals surface area contributed by atoms with Gasteiger partial charge >= 0.3 is 0 Å². The summed E-state index contributed by atoms with van der Waals surface area (Å²) < 4.78 is 6.73. The molecule has 268 valence electrons. The summed E-state index contributed by atoms with van der Waals surface area (Å²) in [6, 6.07) is 64.5. The fourth-order valence-corrected chi connectivity index (χ4v) is 8.55. The van der Waals surface area contributed by atoms with Gasteiger partial charge < -0.3 is 4.42 Å².